The van der Waals surface area contributed by atoms with Crippen molar-refractivity contribution >= 4 is 39.4 Å². The molecule has 0 heterocycles. The van der Waals surface area contributed by atoms with Crippen molar-refractivity contribution in [2.24, 2.45) is 5.10 Å². The maximum absolute atomic E-state index is 13.3. The molecule has 166 valence electrons. The first kappa shape index (κ1) is 23.3. The lowest BCUT2D eigenvalue weighted by molar-refractivity contribution is -0.119. The van der Waals surface area contributed by atoms with Crippen LogP contribution in [0.4, 0.5) is 5.69 Å². The molecule has 0 fully saturated rings. The quantitative estimate of drug-likeness (QED) is 0.397. The fourth-order valence-corrected chi connectivity index (χ4v) is 4.59. The summed E-state index contributed by atoms with van der Waals surface area (Å²) in [6, 6.07) is 19.9. The van der Waals surface area contributed by atoms with Crippen molar-refractivity contribution in [1.29, 1.82) is 0 Å². The molecular weight excluding hydrogens is 450 g/mol. The normalized spacial score (nSPS) is 11.3. The third-order valence-electron chi connectivity index (χ3n) is 4.51. The Hall–Kier alpha value is -3.36. The highest BCUT2D eigenvalue weighted by atomic mass is 35.5. The summed E-state index contributed by atoms with van der Waals surface area (Å²) in [6.45, 7) is 1.35. The fraction of sp³-hybridized carbons (Fsp3) is 0.130. The zero-order valence-corrected chi connectivity index (χ0v) is 19.1. The van der Waals surface area contributed by atoms with Crippen molar-refractivity contribution in [3.63, 3.8) is 0 Å². The molecule has 0 atom stereocenters. The standard InChI is InChI=1S/C23H22ClN3O4S/c1-17-10-12-20(13-11-17)32(29,30)27(22-9-4-3-8-21(22)24)16-23(28)26-25-15-18-6-5-7-19(14-18)31-2/h3-15H,16H2,1-2H3,(H,26,28)/b25-15-. The van der Waals surface area contributed by atoms with Crippen LogP contribution in [0.15, 0.2) is 82.8 Å². The van der Waals surface area contributed by atoms with Gasteiger partial charge in [-0.15, -0.1) is 0 Å². The van der Waals surface area contributed by atoms with Crippen LogP contribution in [0.3, 0.4) is 0 Å². The molecule has 32 heavy (non-hydrogen) atoms. The number of hydrogen-bond acceptors (Lipinski definition) is 5. The molecule has 0 bridgehead atoms. The first-order valence-electron chi connectivity index (χ1n) is 9.61. The largest absolute Gasteiger partial charge is 0.497 e. The number of hydrogen-bond donors (Lipinski definition) is 1. The van der Waals surface area contributed by atoms with Gasteiger partial charge in [0.05, 0.1) is 28.9 Å². The maximum Gasteiger partial charge on any atom is 0.264 e. The molecule has 3 aromatic rings. The number of sulfonamides is 1. The van der Waals surface area contributed by atoms with Gasteiger partial charge in [0.15, 0.2) is 0 Å². The van der Waals surface area contributed by atoms with E-state index in [4.69, 9.17) is 16.3 Å². The van der Waals surface area contributed by atoms with Gasteiger partial charge >= 0.3 is 0 Å². The second-order valence-corrected chi connectivity index (χ2v) is 9.12. The topological polar surface area (TPSA) is 88.1 Å². The van der Waals surface area contributed by atoms with Crippen molar-refractivity contribution < 1.29 is 17.9 Å². The molecule has 0 aliphatic heterocycles. The van der Waals surface area contributed by atoms with Gasteiger partial charge in [0.2, 0.25) is 0 Å². The number of halogens is 1. The van der Waals surface area contributed by atoms with Gasteiger partial charge in [0.1, 0.15) is 12.3 Å². The Balaban J connectivity index is 1.84. The Bertz CT molecular complexity index is 1230. The third-order valence-corrected chi connectivity index (χ3v) is 6.61. The molecule has 0 aliphatic carbocycles. The molecule has 0 saturated carbocycles. The Labute approximate surface area is 192 Å². The van der Waals surface area contributed by atoms with Crippen molar-refractivity contribution in [2.75, 3.05) is 18.0 Å². The van der Waals surface area contributed by atoms with Gasteiger partial charge in [-0.1, -0.05) is 53.6 Å². The highest BCUT2D eigenvalue weighted by Crippen LogP contribution is 2.30. The number of nitrogens with one attached hydrogen (secondary N) is 1. The van der Waals surface area contributed by atoms with E-state index < -0.39 is 22.5 Å². The summed E-state index contributed by atoms with van der Waals surface area (Å²) in [7, 11) is -2.50. The van der Waals surface area contributed by atoms with Crippen LogP contribution in [0, 0.1) is 6.92 Å². The summed E-state index contributed by atoms with van der Waals surface area (Å²) >= 11 is 6.25. The van der Waals surface area contributed by atoms with E-state index in [0.717, 1.165) is 9.87 Å². The number of anilines is 1. The number of benzene rings is 3. The number of amides is 1. The van der Waals surface area contributed by atoms with Crippen LogP contribution in [-0.4, -0.2) is 34.2 Å². The Morgan fingerprint density at radius 3 is 2.50 bits per heavy atom. The smallest absolute Gasteiger partial charge is 0.264 e. The lowest BCUT2D eigenvalue weighted by Gasteiger charge is -2.24. The monoisotopic (exact) mass is 471 g/mol. The minimum Gasteiger partial charge on any atom is -0.497 e. The van der Waals surface area contributed by atoms with Crippen LogP contribution in [0.1, 0.15) is 11.1 Å². The zero-order chi connectivity index (χ0) is 23.1. The van der Waals surface area contributed by atoms with Gasteiger partial charge in [0, 0.05) is 0 Å². The van der Waals surface area contributed by atoms with Gasteiger partial charge in [-0.2, -0.15) is 5.10 Å². The highest BCUT2D eigenvalue weighted by Gasteiger charge is 2.28. The molecule has 9 heteroatoms. The lowest BCUT2D eigenvalue weighted by atomic mass is 10.2. The number of rotatable bonds is 8. The summed E-state index contributed by atoms with van der Waals surface area (Å²) in [5.74, 6) is 0.0223. The van der Waals surface area contributed by atoms with Gasteiger partial charge in [0.25, 0.3) is 15.9 Å². The van der Waals surface area contributed by atoms with E-state index in [-0.39, 0.29) is 15.6 Å². The van der Waals surface area contributed by atoms with Crippen LogP contribution in [0.25, 0.3) is 0 Å². The average molecular weight is 472 g/mol. The van der Waals surface area contributed by atoms with Crippen LogP contribution in [0.5, 0.6) is 5.75 Å². The number of carbonyl (C=O) groups is 1. The summed E-state index contributed by atoms with van der Waals surface area (Å²) in [4.78, 5) is 12.6. The van der Waals surface area contributed by atoms with Gasteiger partial charge in [-0.05, 0) is 48.9 Å². The SMILES string of the molecule is COc1cccc(/C=N\NC(=O)CN(c2ccccc2Cl)S(=O)(=O)c2ccc(C)cc2)c1. The van der Waals surface area contributed by atoms with E-state index in [1.165, 1.54) is 18.3 Å². The maximum atomic E-state index is 13.3. The van der Waals surface area contributed by atoms with E-state index in [9.17, 15) is 13.2 Å². The van der Waals surface area contributed by atoms with Crippen LogP contribution in [-0.2, 0) is 14.8 Å². The van der Waals surface area contributed by atoms with Crippen molar-refractivity contribution in [3.05, 3.63) is 88.9 Å². The second-order valence-electron chi connectivity index (χ2n) is 6.85. The Kier molecular flexibility index (Phi) is 7.50. The Morgan fingerprint density at radius 1 is 1.09 bits per heavy atom. The van der Waals surface area contributed by atoms with Gasteiger partial charge in [-0.3, -0.25) is 9.10 Å². The average Bonchev–Trinajstić information content (AvgIpc) is 2.78. The molecular formula is C23H22ClN3O4S. The number of methoxy groups -OCH3 is 1. The van der Waals surface area contributed by atoms with E-state index in [0.29, 0.717) is 11.3 Å². The molecule has 0 aliphatic rings. The first-order valence-corrected chi connectivity index (χ1v) is 11.4. The Morgan fingerprint density at radius 2 is 1.81 bits per heavy atom. The molecule has 3 rings (SSSR count). The molecule has 0 aromatic heterocycles. The fourth-order valence-electron chi connectivity index (χ4n) is 2.86. The predicted molar refractivity (Wildman–Crippen MR) is 126 cm³/mol. The summed E-state index contributed by atoms with van der Waals surface area (Å²) in [6.07, 6.45) is 1.44. The number of aryl methyl sites for hydroxylation is 1. The number of carbonyl (C=O) groups excluding carboxylic acids is 1. The summed E-state index contributed by atoms with van der Waals surface area (Å²) in [5.41, 5.74) is 4.18. The molecule has 3 aromatic carbocycles. The molecule has 1 amide bonds. The van der Waals surface area contributed by atoms with E-state index in [2.05, 4.69) is 10.5 Å². The van der Waals surface area contributed by atoms with Crippen LogP contribution < -0.4 is 14.5 Å². The van der Waals surface area contributed by atoms with E-state index >= 15 is 0 Å². The van der Waals surface area contributed by atoms with Crippen molar-refractivity contribution in [2.45, 2.75) is 11.8 Å². The minimum atomic E-state index is -4.05. The molecule has 0 saturated heterocycles. The second kappa shape index (κ2) is 10.3. The lowest BCUT2D eigenvalue weighted by Crippen LogP contribution is -2.39. The number of ether oxygens (including phenoxy) is 1. The molecule has 0 unspecified atom stereocenters. The summed E-state index contributed by atoms with van der Waals surface area (Å²) in [5, 5.41) is 4.12. The molecule has 7 nitrogen and oxygen atoms in total. The summed E-state index contributed by atoms with van der Waals surface area (Å²) < 4.78 is 32.8. The number of nitrogens with zero attached hydrogens (tertiary/aromatic N) is 2. The van der Waals surface area contributed by atoms with E-state index in [1.807, 2.05) is 6.92 Å². The van der Waals surface area contributed by atoms with Gasteiger partial charge < -0.3 is 4.74 Å². The minimum absolute atomic E-state index is 0.0516. The molecule has 1 N–H and O–H groups in total. The van der Waals surface area contributed by atoms with E-state index in [1.54, 1.807) is 67.8 Å². The molecule has 0 spiro atoms. The number of hydrazone groups is 1. The highest BCUT2D eigenvalue weighted by molar-refractivity contribution is 7.92. The predicted octanol–water partition coefficient (Wildman–Crippen LogP) is 4.00. The van der Waals surface area contributed by atoms with Gasteiger partial charge in [-0.25, -0.2) is 13.8 Å². The zero-order valence-electron chi connectivity index (χ0n) is 17.5. The number of para-hydroxylation sites is 1. The first-order chi connectivity index (χ1) is 15.3. The van der Waals surface area contributed by atoms with Crippen LogP contribution in [0.2, 0.25) is 5.02 Å². The van der Waals surface area contributed by atoms with Crippen LogP contribution >= 0.6 is 11.6 Å². The molecule has 0 radical (unpaired) electrons. The van der Waals surface area contributed by atoms with Crippen molar-refractivity contribution in [1.82, 2.24) is 5.43 Å². The third kappa shape index (κ3) is 5.66. The van der Waals surface area contributed by atoms with Crippen molar-refractivity contribution in [3.8, 4) is 5.75 Å².